The molecule has 9 aromatic carbocycles. The van der Waals surface area contributed by atoms with Gasteiger partial charge in [-0.15, -0.1) is 0 Å². The summed E-state index contributed by atoms with van der Waals surface area (Å²) in [6, 6.07) is 75.2. The van der Waals surface area contributed by atoms with Crippen LogP contribution in [0.5, 0.6) is 0 Å². The van der Waals surface area contributed by atoms with Crippen molar-refractivity contribution in [1.82, 2.24) is 15.0 Å². The van der Waals surface area contributed by atoms with Gasteiger partial charge in [0, 0.05) is 33.0 Å². The van der Waals surface area contributed by atoms with Crippen LogP contribution in [0.4, 0.5) is 0 Å². The zero-order valence-corrected chi connectivity index (χ0v) is 31.5. The number of aromatic nitrogens is 3. The molecule has 0 unspecified atom stereocenters. The van der Waals surface area contributed by atoms with Crippen LogP contribution in [-0.4, -0.2) is 15.0 Å². The predicted molar refractivity (Wildman–Crippen MR) is 242 cm³/mol. The molecule has 0 aliphatic rings. The molecular weight excluding hydrogens is 703 g/mol. The van der Waals surface area contributed by atoms with Gasteiger partial charge in [-0.1, -0.05) is 194 Å². The van der Waals surface area contributed by atoms with Gasteiger partial charge in [-0.3, -0.25) is 0 Å². The van der Waals surface area contributed by atoms with E-state index in [0.29, 0.717) is 5.82 Å². The second-order valence-corrected chi connectivity index (χ2v) is 14.7. The van der Waals surface area contributed by atoms with Crippen LogP contribution < -0.4 is 0 Å². The summed E-state index contributed by atoms with van der Waals surface area (Å²) >= 11 is 0. The summed E-state index contributed by atoms with van der Waals surface area (Å²) in [6.07, 6.45) is 0. The number of nitrogens with zero attached hydrogens (tertiary/aromatic N) is 3. The van der Waals surface area contributed by atoms with E-state index in [9.17, 15) is 0 Å². The Morgan fingerprint density at radius 1 is 0.241 bits per heavy atom. The van der Waals surface area contributed by atoms with Crippen molar-refractivity contribution in [2.24, 2.45) is 0 Å². The first kappa shape index (κ1) is 33.6. The van der Waals surface area contributed by atoms with Gasteiger partial charge in [-0.2, -0.15) is 0 Å². The van der Waals surface area contributed by atoms with Crippen LogP contribution in [0.15, 0.2) is 212 Å². The van der Waals surface area contributed by atoms with Gasteiger partial charge in [-0.25, -0.2) is 15.0 Å². The number of fused-ring (bicyclic) bond motifs is 5. The molecule has 0 atom stereocenters. The lowest BCUT2D eigenvalue weighted by Crippen LogP contribution is -1.96. The Kier molecular flexibility index (Phi) is 8.15. The predicted octanol–water partition coefficient (Wildman–Crippen LogP) is 14.5. The maximum Gasteiger partial charge on any atom is 0.160 e. The SMILES string of the molecule is c1ccc(-c2cc(-c3ccc(-c4cc5c(-c6cccc7ccccc67)cc(-c6cccc7ccccc67)nc5c5ccccc45)cc3)nc(-c3ccccc3)n2)cc1. The molecule has 3 heteroatoms. The highest BCUT2D eigenvalue weighted by molar-refractivity contribution is 6.18. The zero-order chi connectivity index (χ0) is 38.4. The van der Waals surface area contributed by atoms with Gasteiger partial charge in [0.25, 0.3) is 0 Å². The molecule has 0 saturated heterocycles. The van der Waals surface area contributed by atoms with E-state index in [-0.39, 0.29) is 0 Å². The fraction of sp³-hybridized carbons (Fsp3) is 0. The molecule has 0 amide bonds. The third kappa shape index (κ3) is 5.89. The van der Waals surface area contributed by atoms with Crippen molar-refractivity contribution in [3.8, 4) is 67.4 Å². The van der Waals surface area contributed by atoms with Crippen LogP contribution >= 0.6 is 0 Å². The Labute approximate surface area is 336 Å². The second-order valence-electron chi connectivity index (χ2n) is 14.7. The van der Waals surface area contributed by atoms with E-state index in [2.05, 4.69) is 176 Å². The Hall–Kier alpha value is -7.75. The lowest BCUT2D eigenvalue weighted by molar-refractivity contribution is 1.18. The lowest BCUT2D eigenvalue weighted by Gasteiger charge is -2.17. The molecule has 0 spiro atoms. The van der Waals surface area contributed by atoms with Gasteiger partial charge in [0.1, 0.15) is 0 Å². The van der Waals surface area contributed by atoms with Gasteiger partial charge in [0.2, 0.25) is 0 Å². The fourth-order valence-electron chi connectivity index (χ4n) is 8.45. The summed E-state index contributed by atoms with van der Waals surface area (Å²) in [6.45, 7) is 0. The van der Waals surface area contributed by atoms with Crippen LogP contribution in [0.3, 0.4) is 0 Å². The standard InChI is InChI=1S/C55H35N3/c1-3-17-39(18-4-1)51-35-52(58-55(57-51)41-19-5-2-6-20-41)40-31-29-38(30-32-40)48-33-50-49(44-27-13-21-36-15-7-9-23-42(36)44)34-53(56-54(50)47-26-12-11-25-45(47)48)46-28-14-22-37-16-8-10-24-43(37)46/h1-35H. The molecule has 0 radical (unpaired) electrons. The number of rotatable bonds is 6. The van der Waals surface area contributed by atoms with Crippen molar-refractivity contribution >= 4 is 43.2 Å². The first-order valence-corrected chi connectivity index (χ1v) is 19.7. The molecule has 0 fully saturated rings. The van der Waals surface area contributed by atoms with Crippen LogP contribution in [0.1, 0.15) is 0 Å². The third-order valence-electron chi connectivity index (χ3n) is 11.3. The van der Waals surface area contributed by atoms with Crippen molar-refractivity contribution in [2.45, 2.75) is 0 Å². The van der Waals surface area contributed by atoms with Crippen molar-refractivity contribution in [1.29, 1.82) is 0 Å². The summed E-state index contributed by atoms with van der Waals surface area (Å²) in [4.78, 5) is 15.6. The average Bonchev–Trinajstić information content (AvgIpc) is 3.31. The van der Waals surface area contributed by atoms with Crippen molar-refractivity contribution in [2.75, 3.05) is 0 Å². The van der Waals surface area contributed by atoms with Crippen LogP contribution in [0, 0.1) is 0 Å². The molecule has 270 valence electrons. The Morgan fingerprint density at radius 2 is 0.741 bits per heavy atom. The van der Waals surface area contributed by atoms with E-state index >= 15 is 0 Å². The van der Waals surface area contributed by atoms with E-state index in [1.807, 2.05) is 36.4 Å². The molecule has 0 saturated carbocycles. The van der Waals surface area contributed by atoms with Gasteiger partial charge in [-0.05, 0) is 67.4 Å². The van der Waals surface area contributed by atoms with Gasteiger partial charge >= 0.3 is 0 Å². The largest absolute Gasteiger partial charge is 0.247 e. The number of hydrogen-bond donors (Lipinski definition) is 0. The average molecular weight is 738 g/mol. The number of hydrogen-bond acceptors (Lipinski definition) is 3. The molecule has 3 nitrogen and oxygen atoms in total. The first-order valence-electron chi connectivity index (χ1n) is 19.7. The normalized spacial score (nSPS) is 11.4. The van der Waals surface area contributed by atoms with Gasteiger partial charge in [0.15, 0.2) is 5.82 Å². The summed E-state index contributed by atoms with van der Waals surface area (Å²) < 4.78 is 0. The molecule has 0 aliphatic carbocycles. The summed E-state index contributed by atoms with van der Waals surface area (Å²) in [7, 11) is 0. The van der Waals surface area contributed by atoms with E-state index in [1.165, 1.54) is 27.1 Å². The van der Waals surface area contributed by atoms with Gasteiger partial charge < -0.3 is 0 Å². The highest BCUT2D eigenvalue weighted by Gasteiger charge is 2.19. The Bertz CT molecular complexity index is 3250. The van der Waals surface area contributed by atoms with Crippen LogP contribution in [-0.2, 0) is 0 Å². The quantitative estimate of drug-likeness (QED) is 0.160. The highest BCUT2D eigenvalue weighted by Crippen LogP contribution is 2.43. The molecule has 11 rings (SSSR count). The maximum absolute atomic E-state index is 5.53. The number of benzene rings is 9. The maximum atomic E-state index is 5.53. The Morgan fingerprint density at radius 3 is 1.41 bits per heavy atom. The topological polar surface area (TPSA) is 38.7 Å². The monoisotopic (exact) mass is 737 g/mol. The molecule has 0 aliphatic heterocycles. The molecular formula is C55H35N3. The van der Waals surface area contributed by atoms with Crippen molar-refractivity contribution in [3.05, 3.63) is 212 Å². The molecule has 0 N–H and O–H groups in total. The van der Waals surface area contributed by atoms with Crippen molar-refractivity contribution < 1.29 is 0 Å². The fourth-order valence-corrected chi connectivity index (χ4v) is 8.45. The summed E-state index contributed by atoms with van der Waals surface area (Å²) in [5.41, 5.74) is 12.6. The van der Waals surface area contributed by atoms with Crippen LogP contribution in [0.25, 0.3) is 111 Å². The minimum absolute atomic E-state index is 0.706. The minimum atomic E-state index is 0.706. The Balaban J connectivity index is 1.12. The molecule has 58 heavy (non-hydrogen) atoms. The molecule has 2 aromatic heterocycles. The lowest BCUT2D eigenvalue weighted by atomic mass is 9.89. The third-order valence-corrected chi connectivity index (χ3v) is 11.3. The minimum Gasteiger partial charge on any atom is -0.247 e. The summed E-state index contributed by atoms with van der Waals surface area (Å²) in [5, 5.41) is 8.23. The smallest absolute Gasteiger partial charge is 0.160 e. The van der Waals surface area contributed by atoms with E-state index in [4.69, 9.17) is 15.0 Å². The summed E-state index contributed by atoms with van der Waals surface area (Å²) in [5.74, 6) is 0.706. The van der Waals surface area contributed by atoms with Gasteiger partial charge in [0.05, 0.1) is 22.6 Å². The molecule has 0 bridgehead atoms. The van der Waals surface area contributed by atoms with E-state index in [1.54, 1.807) is 0 Å². The van der Waals surface area contributed by atoms with Crippen molar-refractivity contribution in [3.63, 3.8) is 0 Å². The van der Waals surface area contributed by atoms with E-state index in [0.717, 1.165) is 77.7 Å². The molecule has 11 aromatic rings. The highest BCUT2D eigenvalue weighted by atomic mass is 14.9. The number of pyridine rings is 1. The first-order chi connectivity index (χ1) is 28.7. The van der Waals surface area contributed by atoms with E-state index < -0.39 is 0 Å². The zero-order valence-electron chi connectivity index (χ0n) is 31.5. The van der Waals surface area contributed by atoms with Crippen LogP contribution in [0.2, 0.25) is 0 Å². The second kappa shape index (κ2) is 14.1. The molecule has 2 heterocycles.